The zero-order valence-corrected chi connectivity index (χ0v) is 16.1. The Hall–Kier alpha value is -3.42. The van der Waals surface area contributed by atoms with Crippen molar-refractivity contribution in [1.29, 1.82) is 0 Å². The molecule has 8 heteroatoms. The van der Waals surface area contributed by atoms with Crippen LogP contribution in [0.25, 0.3) is 0 Å². The van der Waals surface area contributed by atoms with E-state index < -0.39 is 0 Å². The van der Waals surface area contributed by atoms with E-state index in [9.17, 15) is 4.79 Å². The molecule has 3 aromatic rings. The Morgan fingerprint density at radius 3 is 2.64 bits per heavy atom. The normalized spacial score (nSPS) is 10.7. The third-order valence-corrected chi connectivity index (χ3v) is 4.12. The number of rotatable bonds is 8. The number of methoxy groups -OCH3 is 1. The molecule has 0 atom stereocenters. The number of ether oxygens (including phenoxy) is 2. The van der Waals surface area contributed by atoms with Crippen molar-refractivity contribution in [3.8, 4) is 11.5 Å². The lowest BCUT2D eigenvalue weighted by molar-refractivity contribution is 0.0951. The molecule has 0 radical (unpaired) electrons. The minimum absolute atomic E-state index is 0.155. The highest BCUT2D eigenvalue weighted by Gasteiger charge is 2.10. The van der Waals surface area contributed by atoms with Crippen molar-refractivity contribution < 1.29 is 14.3 Å². The molecular formula is C20H23N5O3. The number of nitrogens with zero attached hydrogens (tertiary/aromatic N) is 4. The van der Waals surface area contributed by atoms with Crippen molar-refractivity contribution in [2.24, 2.45) is 0 Å². The van der Waals surface area contributed by atoms with E-state index in [1.165, 1.54) is 0 Å². The Labute approximate surface area is 163 Å². The van der Waals surface area contributed by atoms with E-state index in [4.69, 9.17) is 9.47 Å². The smallest absolute Gasteiger partial charge is 0.251 e. The number of carbonyl (C=O) groups is 1. The van der Waals surface area contributed by atoms with E-state index in [1.807, 2.05) is 38.1 Å². The van der Waals surface area contributed by atoms with Crippen LogP contribution in [0.3, 0.4) is 0 Å². The number of hydrogen-bond acceptors (Lipinski definition) is 6. The molecule has 3 rings (SSSR count). The van der Waals surface area contributed by atoms with Gasteiger partial charge in [-0.2, -0.15) is 0 Å². The molecule has 0 bridgehead atoms. The summed E-state index contributed by atoms with van der Waals surface area (Å²) in [5.41, 5.74) is 1.53. The van der Waals surface area contributed by atoms with E-state index in [2.05, 4.69) is 20.8 Å². The first kappa shape index (κ1) is 19.3. The van der Waals surface area contributed by atoms with Crippen LogP contribution >= 0.6 is 0 Å². The second kappa shape index (κ2) is 8.98. The SMILES string of the molecule is COc1cccc(CNC(=O)c2ccc(OCc3nnnn3C(C)C)cc2)c1. The summed E-state index contributed by atoms with van der Waals surface area (Å²) in [7, 11) is 1.62. The van der Waals surface area contributed by atoms with Crippen LogP contribution < -0.4 is 14.8 Å². The van der Waals surface area contributed by atoms with Gasteiger partial charge in [0.2, 0.25) is 0 Å². The van der Waals surface area contributed by atoms with Crippen LogP contribution in [0.1, 0.15) is 41.6 Å². The van der Waals surface area contributed by atoms with E-state index in [0.717, 1.165) is 11.3 Å². The van der Waals surface area contributed by atoms with Crippen LogP contribution in [0.5, 0.6) is 11.5 Å². The topological polar surface area (TPSA) is 91.2 Å². The third-order valence-electron chi connectivity index (χ3n) is 4.12. The monoisotopic (exact) mass is 381 g/mol. The molecule has 0 unspecified atom stereocenters. The maximum absolute atomic E-state index is 12.3. The molecule has 0 aliphatic heterocycles. The molecule has 0 spiro atoms. The fourth-order valence-corrected chi connectivity index (χ4v) is 2.63. The van der Waals surface area contributed by atoms with E-state index in [1.54, 1.807) is 36.1 Å². The second-order valence-corrected chi connectivity index (χ2v) is 6.48. The van der Waals surface area contributed by atoms with Crippen LogP contribution in [0.15, 0.2) is 48.5 Å². The van der Waals surface area contributed by atoms with Crippen LogP contribution in [0.4, 0.5) is 0 Å². The number of aromatic nitrogens is 4. The molecule has 2 aromatic carbocycles. The average molecular weight is 381 g/mol. The number of nitrogens with one attached hydrogen (secondary N) is 1. The van der Waals surface area contributed by atoms with Gasteiger partial charge in [0.15, 0.2) is 5.82 Å². The van der Waals surface area contributed by atoms with Crippen molar-refractivity contribution in [3.63, 3.8) is 0 Å². The van der Waals surface area contributed by atoms with Gasteiger partial charge in [-0.3, -0.25) is 4.79 Å². The van der Waals surface area contributed by atoms with Crippen molar-refractivity contribution >= 4 is 5.91 Å². The Morgan fingerprint density at radius 2 is 1.93 bits per heavy atom. The largest absolute Gasteiger partial charge is 0.497 e. The molecule has 0 aliphatic rings. The summed E-state index contributed by atoms with van der Waals surface area (Å²) in [5.74, 6) is 1.90. The van der Waals surface area contributed by atoms with Crippen molar-refractivity contribution in [2.45, 2.75) is 33.0 Å². The molecule has 8 nitrogen and oxygen atoms in total. The number of carbonyl (C=O) groups excluding carboxylic acids is 1. The molecule has 0 saturated carbocycles. The molecule has 1 N–H and O–H groups in total. The molecular weight excluding hydrogens is 358 g/mol. The van der Waals surface area contributed by atoms with Crippen LogP contribution in [-0.2, 0) is 13.2 Å². The van der Waals surface area contributed by atoms with Gasteiger partial charge in [-0.15, -0.1) is 5.10 Å². The van der Waals surface area contributed by atoms with Crippen molar-refractivity contribution in [2.75, 3.05) is 7.11 Å². The molecule has 0 fully saturated rings. The van der Waals surface area contributed by atoms with E-state index >= 15 is 0 Å². The average Bonchev–Trinajstić information content (AvgIpc) is 3.20. The highest BCUT2D eigenvalue weighted by atomic mass is 16.5. The lowest BCUT2D eigenvalue weighted by atomic mass is 10.2. The summed E-state index contributed by atoms with van der Waals surface area (Å²) in [5, 5.41) is 14.5. The van der Waals surface area contributed by atoms with Gasteiger partial charge in [0, 0.05) is 12.1 Å². The van der Waals surface area contributed by atoms with Gasteiger partial charge < -0.3 is 14.8 Å². The molecule has 1 amide bonds. The third kappa shape index (κ3) is 4.85. The van der Waals surface area contributed by atoms with Crippen LogP contribution in [-0.4, -0.2) is 33.2 Å². The lowest BCUT2D eigenvalue weighted by Gasteiger charge is -2.10. The minimum atomic E-state index is -0.155. The Kier molecular flexibility index (Phi) is 6.21. The molecule has 28 heavy (non-hydrogen) atoms. The molecule has 0 aliphatic carbocycles. The first-order chi connectivity index (χ1) is 13.6. The highest BCUT2D eigenvalue weighted by Crippen LogP contribution is 2.15. The van der Waals surface area contributed by atoms with Gasteiger partial charge in [-0.25, -0.2) is 4.68 Å². The zero-order chi connectivity index (χ0) is 19.9. The highest BCUT2D eigenvalue weighted by molar-refractivity contribution is 5.94. The van der Waals surface area contributed by atoms with Crippen LogP contribution in [0.2, 0.25) is 0 Å². The number of benzene rings is 2. The predicted molar refractivity (Wildman–Crippen MR) is 103 cm³/mol. The number of tetrazole rings is 1. The Bertz CT molecular complexity index is 922. The molecule has 1 heterocycles. The summed E-state index contributed by atoms with van der Waals surface area (Å²) < 4.78 is 12.6. The first-order valence-electron chi connectivity index (χ1n) is 8.97. The number of hydrogen-bond donors (Lipinski definition) is 1. The van der Waals surface area contributed by atoms with Gasteiger partial charge in [-0.1, -0.05) is 12.1 Å². The predicted octanol–water partition coefficient (Wildman–Crippen LogP) is 2.77. The summed E-state index contributed by atoms with van der Waals surface area (Å²) in [6.07, 6.45) is 0. The number of amides is 1. The molecule has 1 aromatic heterocycles. The standard InChI is InChI=1S/C20H23N5O3/c1-14(2)25-19(22-23-24-25)13-28-17-9-7-16(8-10-17)20(26)21-12-15-5-4-6-18(11-15)27-3/h4-11,14H,12-13H2,1-3H3,(H,21,26). The first-order valence-corrected chi connectivity index (χ1v) is 8.97. The van der Waals surface area contributed by atoms with Crippen molar-refractivity contribution in [1.82, 2.24) is 25.5 Å². The minimum Gasteiger partial charge on any atom is -0.497 e. The Balaban J connectivity index is 1.54. The maximum Gasteiger partial charge on any atom is 0.251 e. The van der Waals surface area contributed by atoms with Gasteiger partial charge >= 0.3 is 0 Å². The second-order valence-electron chi connectivity index (χ2n) is 6.48. The lowest BCUT2D eigenvalue weighted by Crippen LogP contribution is -2.22. The van der Waals surface area contributed by atoms with Crippen LogP contribution in [0, 0.1) is 0 Å². The summed E-state index contributed by atoms with van der Waals surface area (Å²) in [4.78, 5) is 12.3. The van der Waals surface area contributed by atoms with Gasteiger partial charge in [0.1, 0.15) is 18.1 Å². The maximum atomic E-state index is 12.3. The van der Waals surface area contributed by atoms with Crippen molar-refractivity contribution in [3.05, 3.63) is 65.5 Å². The summed E-state index contributed by atoms with van der Waals surface area (Å²) in [6, 6.07) is 14.7. The van der Waals surface area contributed by atoms with E-state index in [-0.39, 0.29) is 18.6 Å². The summed E-state index contributed by atoms with van der Waals surface area (Å²) in [6.45, 7) is 4.68. The van der Waals surface area contributed by atoms with Gasteiger partial charge in [0.25, 0.3) is 5.91 Å². The Morgan fingerprint density at radius 1 is 1.14 bits per heavy atom. The van der Waals surface area contributed by atoms with E-state index in [0.29, 0.717) is 23.7 Å². The fourth-order valence-electron chi connectivity index (χ4n) is 2.63. The van der Waals surface area contributed by atoms with Gasteiger partial charge in [-0.05, 0) is 66.2 Å². The molecule has 146 valence electrons. The zero-order valence-electron chi connectivity index (χ0n) is 16.1. The fraction of sp³-hybridized carbons (Fsp3) is 0.300. The summed E-state index contributed by atoms with van der Waals surface area (Å²) >= 11 is 0. The quantitative estimate of drug-likeness (QED) is 0.645. The van der Waals surface area contributed by atoms with Gasteiger partial charge in [0.05, 0.1) is 13.2 Å². The molecule has 0 saturated heterocycles.